The van der Waals surface area contributed by atoms with E-state index in [-0.39, 0.29) is 5.91 Å². The quantitative estimate of drug-likeness (QED) is 0.467. The van der Waals surface area contributed by atoms with Gasteiger partial charge >= 0.3 is 0 Å². The highest BCUT2D eigenvalue weighted by atomic mass is 16.1. The number of hydrogen-bond acceptors (Lipinski definition) is 1. The van der Waals surface area contributed by atoms with Crippen LogP contribution < -0.4 is 5.32 Å². The van der Waals surface area contributed by atoms with Gasteiger partial charge in [-0.05, 0) is 56.7 Å². The molecule has 0 unspecified atom stereocenters. The fourth-order valence-electron chi connectivity index (χ4n) is 2.58. The van der Waals surface area contributed by atoms with Gasteiger partial charge in [-0.1, -0.05) is 43.9 Å². The molecule has 1 rings (SSSR count). The van der Waals surface area contributed by atoms with Crippen molar-refractivity contribution >= 4 is 5.91 Å². The fraction of sp³-hybridized carbons (Fsp3) is 0.550. The van der Waals surface area contributed by atoms with Crippen molar-refractivity contribution in [1.29, 1.82) is 0 Å². The van der Waals surface area contributed by atoms with E-state index in [4.69, 9.17) is 0 Å². The van der Waals surface area contributed by atoms with Crippen LogP contribution in [-0.4, -0.2) is 12.5 Å². The summed E-state index contributed by atoms with van der Waals surface area (Å²) in [5.41, 5.74) is 4.43. The highest BCUT2D eigenvalue weighted by Crippen LogP contribution is 2.12. The summed E-state index contributed by atoms with van der Waals surface area (Å²) >= 11 is 0. The Morgan fingerprint density at radius 2 is 1.82 bits per heavy atom. The van der Waals surface area contributed by atoms with E-state index in [1.165, 1.54) is 36.8 Å². The number of nitrogens with one attached hydrogen (secondary N) is 1. The van der Waals surface area contributed by atoms with Crippen molar-refractivity contribution in [2.45, 2.75) is 65.7 Å². The maximum atomic E-state index is 12.2. The van der Waals surface area contributed by atoms with Gasteiger partial charge in [-0.2, -0.15) is 0 Å². The number of benzene rings is 1. The number of allylic oxidation sites excluding steroid dienone is 1. The zero-order chi connectivity index (χ0) is 16.4. The Labute approximate surface area is 136 Å². The van der Waals surface area contributed by atoms with Crippen LogP contribution in [0.2, 0.25) is 0 Å². The largest absolute Gasteiger partial charge is 0.352 e. The van der Waals surface area contributed by atoms with Gasteiger partial charge in [0.1, 0.15) is 0 Å². The average molecular weight is 301 g/mol. The maximum absolute atomic E-state index is 12.2. The maximum Gasteiger partial charge on any atom is 0.251 e. The lowest BCUT2D eigenvalue weighted by Gasteiger charge is -2.09. The topological polar surface area (TPSA) is 29.1 Å². The molecule has 1 amide bonds. The third kappa shape index (κ3) is 6.93. The molecule has 1 N–H and O–H groups in total. The van der Waals surface area contributed by atoms with Crippen molar-refractivity contribution in [3.8, 4) is 0 Å². The Morgan fingerprint density at radius 1 is 1.14 bits per heavy atom. The summed E-state index contributed by atoms with van der Waals surface area (Å²) in [6, 6.07) is 6.10. The molecule has 0 aliphatic carbocycles. The summed E-state index contributed by atoms with van der Waals surface area (Å²) in [6.07, 6.45) is 8.14. The van der Waals surface area contributed by atoms with Crippen molar-refractivity contribution in [2.24, 2.45) is 0 Å². The van der Waals surface area contributed by atoms with E-state index >= 15 is 0 Å². The van der Waals surface area contributed by atoms with Crippen LogP contribution in [0.25, 0.3) is 0 Å². The smallest absolute Gasteiger partial charge is 0.251 e. The summed E-state index contributed by atoms with van der Waals surface area (Å²) in [5, 5.41) is 3.03. The number of carbonyl (C=O) groups is 1. The molecule has 1 aromatic rings. The molecule has 22 heavy (non-hydrogen) atoms. The Kier molecular flexibility index (Phi) is 8.57. The number of amides is 1. The first-order valence-corrected chi connectivity index (χ1v) is 8.56. The Hall–Kier alpha value is -1.57. The second-order valence-electron chi connectivity index (χ2n) is 6.23. The van der Waals surface area contributed by atoms with Gasteiger partial charge in [0.05, 0.1) is 0 Å². The molecule has 2 nitrogen and oxygen atoms in total. The summed E-state index contributed by atoms with van der Waals surface area (Å²) in [6.45, 7) is 10.9. The first-order valence-electron chi connectivity index (χ1n) is 8.56. The van der Waals surface area contributed by atoms with E-state index in [1.807, 2.05) is 19.1 Å². The molecule has 0 atom stereocenters. The van der Waals surface area contributed by atoms with Crippen LogP contribution in [0.15, 0.2) is 30.4 Å². The summed E-state index contributed by atoms with van der Waals surface area (Å²) < 4.78 is 0. The molecular formula is C20H31NO. The van der Waals surface area contributed by atoms with Crippen molar-refractivity contribution in [3.63, 3.8) is 0 Å². The van der Waals surface area contributed by atoms with Crippen LogP contribution in [-0.2, 0) is 6.42 Å². The standard InChI is InChI=1S/C20H31NO/c1-5-18-12-13-19(17(4)15-18)20(22)21-14-10-8-6-7-9-11-16(2)3/h12-13,15H,2,5-11,14H2,1,3-4H3,(H,21,22). The minimum atomic E-state index is 0.0578. The van der Waals surface area contributed by atoms with Crippen LogP contribution in [0.5, 0.6) is 0 Å². The molecule has 0 saturated carbocycles. The number of rotatable bonds is 10. The van der Waals surface area contributed by atoms with Crippen LogP contribution in [0.4, 0.5) is 0 Å². The second kappa shape index (κ2) is 10.2. The predicted octanol–water partition coefficient (Wildman–Crippen LogP) is 5.20. The van der Waals surface area contributed by atoms with E-state index in [2.05, 4.69) is 31.8 Å². The monoisotopic (exact) mass is 301 g/mol. The third-order valence-corrected chi connectivity index (χ3v) is 4.01. The van der Waals surface area contributed by atoms with E-state index in [1.54, 1.807) is 0 Å². The third-order valence-electron chi connectivity index (χ3n) is 4.01. The highest BCUT2D eigenvalue weighted by Gasteiger charge is 2.08. The summed E-state index contributed by atoms with van der Waals surface area (Å²) in [4.78, 5) is 12.2. The minimum absolute atomic E-state index is 0.0578. The summed E-state index contributed by atoms with van der Waals surface area (Å²) in [5.74, 6) is 0.0578. The van der Waals surface area contributed by atoms with Crippen LogP contribution in [0, 0.1) is 6.92 Å². The van der Waals surface area contributed by atoms with E-state index in [0.717, 1.165) is 36.9 Å². The van der Waals surface area contributed by atoms with Gasteiger partial charge in [-0.25, -0.2) is 0 Å². The zero-order valence-electron chi connectivity index (χ0n) is 14.5. The predicted molar refractivity (Wildman–Crippen MR) is 95.4 cm³/mol. The van der Waals surface area contributed by atoms with Crippen molar-refractivity contribution in [3.05, 3.63) is 47.0 Å². The molecule has 0 saturated heterocycles. The van der Waals surface area contributed by atoms with Gasteiger partial charge in [-0.3, -0.25) is 4.79 Å². The molecule has 0 aromatic heterocycles. The average Bonchev–Trinajstić information content (AvgIpc) is 2.49. The van der Waals surface area contributed by atoms with Crippen LogP contribution in [0.3, 0.4) is 0 Å². The van der Waals surface area contributed by atoms with E-state index in [0.29, 0.717) is 0 Å². The Morgan fingerprint density at radius 3 is 2.45 bits per heavy atom. The fourth-order valence-corrected chi connectivity index (χ4v) is 2.58. The van der Waals surface area contributed by atoms with Gasteiger partial charge < -0.3 is 5.32 Å². The molecule has 1 aromatic carbocycles. The van der Waals surface area contributed by atoms with E-state index in [9.17, 15) is 4.79 Å². The van der Waals surface area contributed by atoms with Gasteiger partial charge in [0, 0.05) is 12.1 Å². The molecular weight excluding hydrogens is 270 g/mol. The minimum Gasteiger partial charge on any atom is -0.352 e. The van der Waals surface area contributed by atoms with Crippen LogP contribution in [0.1, 0.15) is 73.9 Å². The normalized spacial score (nSPS) is 10.5. The van der Waals surface area contributed by atoms with Gasteiger partial charge in [0.15, 0.2) is 0 Å². The molecule has 0 fully saturated rings. The number of hydrogen-bond donors (Lipinski definition) is 1. The molecule has 0 radical (unpaired) electrons. The van der Waals surface area contributed by atoms with Crippen LogP contribution >= 0.6 is 0 Å². The molecule has 0 spiro atoms. The summed E-state index contributed by atoms with van der Waals surface area (Å²) in [7, 11) is 0. The first kappa shape index (κ1) is 18.5. The Bertz CT molecular complexity index is 490. The zero-order valence-corrected chi connectivity index (χ0v) is 14.5. The van der Waals surface area contributed by atoms with Crippen molar-refractivity contribution in [1.82, 2.24) is 5.32 Å². The van der Waals surface area contributed by atoms with Gasteiger partial charge in [0.2, 0.25) is 0 Å². The molecule has 122 valence electrons. The lowest BCUT2D eigenvalue weighted by Crippen LogP contribution is -2.25. The molecule has 0 heterocycles. The first-order chi connectivity index (χ1) is 10.5. The molecule has 2 heteroatoms. The number of carbonyl (C=O) groups excluding carboxylic acids is 1. The molecule has 0 aliphatic heterocycles. The van der Waals surface area contributed by atoms with Gasteiger partial charge in [0.25, 0.3) is 5.91 Å². The second-order valence-corrected chi connectivity index (χ2v) is 6.23. The number of unbranched alkanes of at least 4 members (excludes halogenated alkanes) is 4. The van der Waals surface area contributed by atoms with Gasteiger partial charge in [-0.15, -0.1) is 6.58 Å². The Balaban J connectivity index is 2.19. The SMILES string of the molecule is C=C(C)CCCCCCCNC(=O)c1ccc(CC)cc1C. The lowest BCUT2D eigenvalue weighted by atomic mass is 10.0. The molecule has 0 aliphatic rings. The number of aryl methyl sites for hydroxylation is 2. The van der Waals surface area contributed by atoms with Crippen molar-refractivity contribution < 1.29 is 4.79 Å². The highest BCUT2D eigenvalue weighted by molar-refractivity contribution is 5.95. The van der Waals surface area contributed by atoms with Crippen molar-refractivity contribution in [2.75, 3.05) is 6.54 Å². The van der Waals surface area contributed by atoms with E-state index < -0.39 is 0 Å². The molecule has 0 bridgehead atoms. The lowest BCUT2D eigenvalue weighted by molar-refractivity contribution is 0.0952.